The van der Waals surface area contributed by atoms with Gasteiger partial charge in [-0.05, 0) is 57.2 Å². The van der Waals surface area contributed by atoms with Gasteiger partial charge >= 0.3 is 5.97 Å². The normalized spacial score (nSPS) is 15.3. The zero-order valence-corrected chi connectivity index (χ0v) is 18.4. The van der Waals surface area contributed by atoms with E-state index in [2.05, 4.69) is 51.7 Å². The van der Waals surface area contributed by atoms with Crippen LogP contribution in [0.3, 0.4) is 0 Å². The second-order valence-corrected chi connectivity index (χ2v) is 7.62. The molecular weight excluding hydrogens is 364 g/mol. The number of carbonyl (C=O) groups is 1. The average Bonchev–Trinajstić information content (AvgIpc) is 3.27. The summed E-state index contributed by atoms with van der Waals surface area (Å²) in [6.07, 6.45) is 7.20. The van der Waals surface area contributed by atoms with Crippen LogP contribution in [-0.2, 0) is 9.53 Å². The molecule has 1 atom stereocenters. The molecule has 2 N–H and O–H groups in total. The van der Waals surface area contributed by atoms with Crippen LogP contribution in [0.4, 0.5) is 5.69 Å². The predicted molar refractivity (Wildman–Crippen MR) is 121 cm³/mol. The lowest BCUT2D eigenvalue weighted by atomic mass is 10.1. The molecule has 0 amide bonds. The van der Waals surface area contributed by atoms with Crippen molar-refractivity contribution in [1.82, 2.24) is 10.6 Å². The minimum atomic E-state index is -0.0852. The lowest BCUT2D eigenvalue weighted by Crippen LogP contribution is -2.39. The molecule has 1 aromatic carbocycles. The van der Waals surface area contributed by atoms with Crippen LogP contribution in [-0.4, -0.2) is 45.2 Å². The summed E-state index contributed by atoms with van der Waals surface area (Å²) in [7, 11) is 1.81. The van der Waals surface area contributed by atoms with Crippen molar-refractivity contribution < 1.29 is 9.53 Å². The number of hydrogen-bond donors (Lipinski definition) is 2. The largest absolute Gasteiger partial charge is 0.466 e. The molecule has 0 saturated carbocycles. The Morgan fingerprint density at radius 1 is 1.21 bits per heavy atom. The van der Waals surface area contributed by atoms with Crippen LogP contribution in [0.15, 0.2) is 29.3 Å². The van der Waals surface area contributed by atoms with E-state index in [0.717, 1.165) is 51.3 Å². The Morgan fingerprint density at radius 3 is 2.69 bits per heavy atom. The summed E-state index contributed by atoms with van der Waals surface area (Å²) in [4.78, 5) is 18.1. The van der Waals surface area contributed by atoms with Gasteiger partial charge in [-0.25, -0.2) is 0 Å². The van der Waals surface area contributed by atoms with Gasteiger partial charge in [0, 0.05) is 38.8 Å². The fraction of sp³-hybridized carbons (Fsp3) is 0.652. The predicted octanol–water partition coefficient (Wildman–Crippen LogP) is 4.03. The minimum Gasteiger partial charge on any atom is -0.466 e. The zero-order chi connectivity index (χ0) is 20.9. The van der Waals surface area contributed by atoms with Crippen molar-refractivity contribution in [3.8, 4) is 0 Å². The summed E-state index contributed by atoms with van der Waals surface area (Å²) >= 11 is 0. The summed E-state index contributed by atoms with van der Waals surface area (Å²) in [5.41, 5.74) is 2.59. The Kier molecular flexibility index (Phi) is 10.4. The molecule has 0 aromatic heterocycles. The van der Waals surface area contributed by atoms with Crippen LogP contribution in [0.25, 0.3) is 0 Å². The van der Waals surface area contributed by atoms with E-state index >= 15 is 0 Å². The highest BCUT2D eigenvalue weighted by Gasteiger charge is 2.14. The van der Waals surface area contributed by atoms with E-state index in [0.29, 0.717) is 13.0 Å². The van der Waals surface area contributed by atoms with Gasteiger partial charge in [-0.15, -0.1) is 0 Å². The monoisotopic (exact) mass is 402 g/mol. The second-order valence-electron chi connectivity index (χ2n) is 7.62. The number of nitrogens with zero attached hydrogens (tertiary/aromatic N) is 2. The van der Waals surface area contributed by atoms with E-state index in [4.69, 9.17) is 4.74 Å². The number of unbranched alkanes of at least 4 members (excludes halogenated alkanes) is 3. The van der Waals surface area contributed by atoms with Gasteiger partial charge in [-0.1, -0.05) is 25.0 Å². The minimum absolute atomic E-state index is 0.0852. The zero-order valence-electron chi connectivity index (χ0n) is 18.4. The molecule has 1 aliphatic heterocycles. The number of benzene rings is 1. The number of carbonyl (C=O) groups excluding carboxylic acids is 1. The van der Waals surface area contributed by atoms with Crippen LogP contribution in [0.1, 0.15) is 70.4 Å². The fourth-order valence-electron chi connectivity index (χ4n) is 3.64. The molecule has 1 unspecified atom stereocenters. The van der Waals surface area contributed by atoms with Crippen LogP contribution < -0.4 is 15.5 Å². The highest BCUT2D eigenvalue weighted by Crippen LogP contribution is 2.23. The molecule has 1 saturated heterocycles. The highest BCUT2D eigenvalue weighted by molar-refractivity contribution is 5.80. The maximum absolute atomic E-state index is 11.3. The van der Waals surface area contributed by atoms with Gasteiger partial charge in [0.1, 0.15) is 0 Å². The number of nitrogens with one attached hydrogen (secondary N) is 2. The summed E-state index contributed by atoms with van der Waals surface area (Å²) in [5.74, 6) is 0.744. The smallest absolute Gasteiger partial charge is 0.305 e. The number of rotatable bonds is 11. The number of ether oxygens (including phenoxy) is 1. The molecule has 1 fully saturated rings. The molecule has 1 aliphatic rings. The molecule has 29 heavy (non-hydrogen) atoms. The van der Waals surface area contributed by atoms with E-state index in [1.165, 1.54) is 24.1 Å². The third-order valence-corrected chi connectivity index (χ3v) is 5.32. The van der Waals surface area contributed by atoms with Gasteiger partial charge in [0.25, 0.3) is 0 Å². The van der Waals surface area contributed by atoms with Gasteiger partial charge in [0.15, 0.2) is 5.96 Å². The molecule has 6 heteroatoms. The maximum atomic E-state index is 11.3. The van der Waals surface area contributed by atoms with Crippen molar-refractivity contribution in [1.29, 1.82) is 0 Å². The van der Waals surface area contributed by atoms with E-state index in [1.54, 1.807) is 0 Å². The SMILES string of the molecule is CCOC(=O)CCCCCCNC(=NC)NC(C)c1cccc(N2CCCC2)c1. The van der Waals surface area contributed by atoms with Crippen molar-refractivity contribution in [2.24, 2.45) is 4.99 Å². The quantitative estimate of drug-likeness (QED) is 0.253. The first kappa shape index (κ1) is 23.0. The van der Waals surface area contributed by atoms with Crippen molar-refractivity contribution in [3.63, 3.8) is 0 Å². The molecule has 6 nitrogen and oxygen atoms in total. The summed E-state index contributed by atoms with van der Waals surface area (Å²) in [5, 5.41) is 6.89. The Hall–Kier alpha value is -2.24. The van der Waals surface area contributed by atoms with Gasteiger partial charge in [0.05, 0.1) is 12.6 Å². The Bertz CT molecular complexity index is 642. The first-order valence-electron chi connectivity index (χ1n) is 11.1. The number of esters is 1. The maximum Gasteiger partial charge on any atom is 0.305 e. The molecular formula is C23H38N4O2. The molecule has 2 rings (SSSR count). The number of aliphatic imine (C=N–C) groups is 1. The lowest BCUT2D eigenvalue weighted by molar-refractivity contribution is -0.143. The van der Waals surface area contributed by atoms with E-state index < -0.39 is 0 Å². The fourth-order valence-corrected chi connectivity index (χ4v) is 3.64. The third kappa shape index (κ3) is 8.34. The molecule has 0 aliphatic carbocycles. The summed E-state index contributed by atoms with van der Waals surface area (Å²) < 4.78 is 4.95. The van der Waals surface area contributed by atoms with Crippen LogP contribution in [0.5, 0.6) is 0 Å². The topological polar surface area (TPSA) is 66.0 Å². The summed E-state index contributed by atoms with van der Waals surface area (Å²) in [6, 6.07) is 9.01. The van der Waals surface area contributed by atoms with Crippen molar-refractivity contribution >= 4 is 17.6 Å². The number of hydrogen-bond acceptors (Lipinski definition) is 4. The molecule has 162 valence electrons. The molecule has 1 aromatic rings. The molecule has 0 radical (unpaired) electrons. The Labute approximate surface area is 176 Å². The van der Waals surface area contributed by atoms with E-state index in [9.17, 15) is 4.79 Å². The Balaban J connectivity index is 1.67. The average molecular weight is 403 g/mol. The number of anilines is 1. The van der Waals surface area contributed by atoms with Crippen LogP contribution >= 0.6 is 0 Å². The summed E-state index contributed by atoms with van der Waals surface area (Å²) in [6.45, 7) is 7.68. The molecule has 0 bridgehead atoms. The Morgan fingerprint density at radius 2 is 1.97 bits per heavy atom. The number of guanidine groups is 1. The van der Waals surface area contributed by atoms with E-state index in [1.807, 2.05) is 14.0 Å². The van der Waals surface area contributed by atoms with Gasteiger partial charge in [-0.3, -0.25) is 9.79 Å². The second kappa shape index (κ2) is 13.1. The first-order chi connectivity index (χ1) is 14.1. The van der Waals surface area contributed by atoms with Crippen molar-refractivity contribution in [2.75, 3.05) is 38.2 Å². The van der Waals surface area contributed by atoms with Crippen molar-refractivity contribution in [2.45, 2.75) is 64.8 Å². The van der Waals surface area contributed by atoms with Crippen molar-refractivity contribution in [3.05, 3.63) is 29.8 Å². The van der Waals surface area contributed by atoms with E-state index in [-0.39, 0.29) is 12.0 Å². The van der Waals surface area contributed by atoms with Gasteiger partial charge < -0.3 is 20.3 Å². The standard InChI is InChI=1S/C23H38N4O2/c1-4-29-22(28)14-7-5-6-8-15-25-23(24-3)26-19(2)20-12-11-13-21(18-20)27-16-9-10-17-27/h11-13,18-19H,4-10,14-17H2,1-3H3,(H2,24,25,26). The highest BCUT2D eigenvalue weighted by atomic mass is 16.5. The van der Waals surface area contributed by atoms with Crippen LogP contribution in [0, 0.1) is 0 Å². The molecule has 1 heterocycles. The lowest BCUT2D eigenvalue weighted by Gasteiger charge is -2.22. The first-order valence-corrected chi connectivity index (χ1v) is 11.1. The van der Waals surface area contributed by atoms with Gasteiger partial charge in [0.2, 0.25) is 0 Å². The molecule has 0 spiro atoms. The van der Waals surface area contributed by atoms with Crippen LogP contribution in [0.2, 0.25) is 0 Å². The van der Waals surface area contributed by atoms with Gasteiger partial charge in [-0.2, -0.15) is 0 Å². The third-order valence-electron chi connectivity index (χ3n) is 5.32.